The van der Waals surface area contributed by atoms with Gasteiger partial charge in [-0.2, -0.15) is 5.10 Å². The third-order valence-electron chi connectivity index (χ3n) is 1.24. The van der Waals surface area contributed by atoms with Gasteiger partial charge in [0.05, 0.1) is 0 Å². The fraction of sp³-hybridized carbons (Fsp3) is 0.571. The number of hydrogen-bond acceptors (Lipinski definition) is 3. The molecule has 0 saturated heterocycles. The molecule has 6 heteroatoms. The van der Waals surface area contributed by atoms with E-state index in [0.29, 0.717) is 5.84 Å². The second-order valence-corrected chi connectivity index (χ2v) is 2.31. The fourth-order valence-electron chi connectivity index (χ4n) is 0.393. The predicted octanol–water partition coefficient (Wildman–Crippen LogP) is 1.54. The topological polar surface area (TPSA) is 87.8 Å². The minimum atomic E-state index is 0.514. The van der Waals surface area contributed by atoms with Gasteiger partial charge < -0.3 is 5.84 Å². The quantitative estimate of drug-likeness (QED) is 0.232. The first-order valence-corrected chi connectivity index (χ1v) is 3.91. The Bertz CT molecular complexity index is 250. The van der Waals surface area contributed by atoms with Gasteiger partial charge in [-0.05, 0) is 20.3 Å². The summed E-state index contributed by atoms with van der Waals surface area (Å²) < 4.78 is 0. The standard InChI is InChI=1S/C7H14N6/c1-4-6(2)11-12-7(3)9-5-10-13-8/h5H,4H2,1-3H3,(H2,8,9,10,12)/b11-6+. The van der Waals surface area contributed by atoms with Gasteiger partial charge in [-0.15, -0.1) is 10.2 Å². The van der Waals surface area contributed by atoms with E-state index in [1.807, 2.05) is 13.8 Å². The van der Waals surface area contributed by atoms with Gasteiger partial charge in [0.1, 0.15) is 12.2 Å². The molecule has 0 aromatic rings. The van der Waals surface area contributed by atoms with Crippen LogP contribution in [0.25, 0.3) is 0 Å². The fourth-order valence-corrected chi connectivity index (χ4v) is 0.393. The maximum Gasteiger partial charge on any atom is 0.149 e. The highest BCUT2D eigenvalue weighted by Gasteiger charge is 1.84. The van der Waals surface area contributed by atoms with Crippen LogP contribution in [0.4, 0.5) is 0 Å². The Balaban J connectivity index is 4.17. The average Bonchev–Trinajstić information content (AvgIpc) is 2.14. The third-order valence-corrected chi connectivity index (χ3v) is 1.24. The van der Waals surface area contributed by atoms with E-state index in [9.17, 15) is 0 Å². The van der Waals surface area contributed by atoms with Crippen LogP contribution >= 0.6 is 0 Å². The molecule has 0 aliphatic rings. The molecule has 0 fully saturated rings. The number of nitrogens with two attached hydrogens (primary N) is 1. The molecule has 72 valence electrons. The summed E-state index contributed by atoms with van der Waals surface area (Å²) in [6.45, 7) is 5.63. The molecule has 0 aromatic carbocycles. The summed E-state index contributed by atoms with van der Waals surface area (Å²) >= 11 is 0. The smallest absolute Gasteiger partial charge is 0.149 e. The lowest BCUT2D eigenvalue weighted by molar-refractivity contribution is 1.09. The van der Waals surface area contributed by atoms with Gasteiger partial charge in [-0.1, -0.05) is 12.1 Å². The second-order valence-electron chi connectivity index (χ2n) is 2.31. The monoisotopic (exact) mass is 182 g/mol. The summed E-state index contributed by atoms with van der Waals surface area (Å²) in [6, 6.07) is 0. The molecule has 13 heavy (non-hydrogen) atoms. The molecule has 0 radical (unpaired) electrons. The number of aliphatic imine (C=N–C) groups is 1. The number of nitrogens with zero attached hydrogens (tertiary/aromatic N) is 5. The first-order valence-electron chi connectivity index (χ1n) is 3.91. The minimum Gasteiger partial charge on any atom is -0.305 e. The van der Waals surface area contributed by atoms with E-state index >= 15 is 0 Å². The molecule has 0 aromatic heterocycles. The maximum atomic E-state index is 4.76. The average molecular weight is 182 g/mol. The van der Waals surface area contributed by atoms with Crippen molar-refractivity contribution in [2.24, 2.45) is 31.4 Å². The number of amidine groups is 1. The van der Waals surface area contributed by atoms with Crippen LogP contribution in [0.15, 0.2) is 25.5 Å². The summed E-state index contributed by atoms with van der Waals surface area (Å²) in [5.41, 5.74) is 0.954. The normalized spacial score (nSPS) is 14.7. The van der Waals surface area contributed by atoms with E-state index < -0.39 is 0 Å². The molecule has 0 aliphatic heterocycles. The lowest BCUT2D eigenvalue weighted by Gasteiger charge is -1.89. The molecule has 0 rings (SSSR count). The molecule has 0 spiro atoms. The Kier molecular flexibility index (Phi) is 6.21. The maximum absolute atomic E-state index is 4.76. The zero-order valence-corrected chi connectivity index (χ0v) is 8.10. The zero-order chi connectivity index (χ0) is 10.1. The lowest BCUT2D eigenvalue weighted by Crippen LogP contribution is -1.89. The van der Waals surface area contributed by atoms with Crippen molar-refractivity contribution < 1.29 is 0 Å². The van der Waals surface area contributed by atoms with Gasteiger partial charge >= 0.3 is 0 Å². The van der Waals surface area contributed by atoms with Crippen LogP contribution in [0.3, 0.4) is 0 Å². The Hall–Kier alpha value is -1.59. The molecule has 0 saturated carbocycles. The van der Waals surface area contributed by atoms with Crippen LogP contribution in [-0.4, -0.2) is 17.9 Å². The Morgan fingerprint density at radius 2 is 2.00 bits per heavy atom. The predicted molar refractivity (Wildman–Crippen MR) is 54.0 cm³/mol. The summed E-state index contributed by atoms with van der Waals surface area (Å²) in [4.78, 5) is 3.80. The van der Waals surface area contributed by atoms with Crippen molar-refractivity contribution >= 4 is 17.9 Å². The Labute approximate surface area is 77.3 Å². The zero-order valence-electron chi connectivity index (χ0n) is 8.10. The highest BCUT2D eigenvalue weighted by molar-refractivity contribution is 5.88. The van der Waals surface area contributed by atoms with Gasteiger partial charge in [0.25, 0.3) is 0 Å². The highest BCUT2D eigenvalue weighted by Crippen LogP contribution is 1.87. The van der Waals surface area contributed by atoms with Gasteiger partial charge in [-0.3, -0.25) is 0 Å². The Morgan fingerprint density at radius 1 is 1.31 bits per heavy atom. The first-order chi connectivity index (χ1) is 6.20. The molecule has 0 atom stereocenters. The Morgan fingerprint density at radius 3 is 2.54 bits per heavy atom. The summed E-state index contributed by atoms with van der Waals surface area (Å²) in [5, 5.41) is 14.1. The van der Waals surface area contributed by atoms with Crippen LogP contribution in [-0.2, 0) is 0 Å². The molecule has 0 aliphatic carbocycles. The van der Waals surface area contributed by atoms with Gasteiger partial charge in [0, 0.05) is 5.71 Å². The summed E-state index contributed by atoms with van der Waals surface area (Å²) in [5.74, 6) is 5.27. The van der Waals surface area contributed by atoms with E-state index in [-0.39, 0.29) is 0 Å². The van der Waals surface area contributed by atoms with E-state index in [4.69, 9.17) is 5.84 Å². The highest BCUT2D eigenvalue weighted by atomic mass is 15.3. The summed E-state index contributed by atoms with van der Waals surface area (Å²) in [6.07, 6.45) is 2.10. The molecular weight excluding hydrogens is 168 g/mol. The van der Waals surface area contributed by atoms with Crippen LogP contribution in [0.5, 0.6) is 0 Å². The van der Waals surface area contributed by atoms with Crippen molar-refractivity contribution in [2.75, 3.05) is 0 Å². The molecule has 2 N–H and O–H groups in total. The van der Waals surface area contributed by atoms with Gasteiger partial charge in [-0.25, -0.2) is 4.99 Å². The van der Waals surface area contributed by atoms with Crippen LogP contribution < -0.4 is 5.84 Å². The van der Waals surface area contributed by atoms with Crippen LogP contribution in [0, 0.1) is 0 Å². The van der Waals surface area contributed by atoms with E-state index in [0.717, 1.165) is 12.1 Å². The van der Waals surface area contributed by atoms with Crippen molar-refractivity contribution in [3.63, 3.8) is 0 Å². The summed E-state index contributed by atoms with van der Waals surface area (Å²) in [7, 11) is 0. The van der Waals surface area contributed by atoms with E-state index in [1.165, 1.54) is 6.34 Å². The lowest BCUT2D eigenvalue weighted by atomic mass is 10.3. The van der Waals surface area contributed by atoms with Gasteiger partial charge in [0.2, 0.25) is 0 Å². The molecule has 0 heterocycles. The molecule has 0 bridgehead atoms. The van der Waals surface area contributed by atoms with E-state index in [2.05, 4.69) is 25.5 Å². The van der Waals surface area contributed by atoms with E-state index in [1.54, 1.807) is 6.92 Å². The number of rotatable bonds is 3. The third kappa shape index (κ3) is 6.79. The number of hydrogen-bond donors (Lipinski definition) is 1. The van der Waals surface area contributed by atoms with Crippen LogP contribution in [0.2, 0.25) is 0 Å². The first kappa shape index (κ1) is 11.4. The van der Waals surface area contributed by atoms with Crippen molar-refractivity contribution in [3.05, 3.63) is 0 Å². The van der Waals surface area contributed by atoms with Crippen molar-refractivity contribution in [2.45, 2.75) is 27.2 Å². The van der Waals surface area contributed by atoms with Crippen LogP contribution in [0.1, 0.15) is 27.2 Å². The second kappa shape index (κ2) is 7.08. The molecule has 6 nitrogen and oxygen atoms in total. The van der Waals surface area contributed by atoms with Crippen molar-refractivity contribution in [1.29, 1.82) is 0 Å². The molecular formula is C7H14N6. The molecule has 0 unspecified atom stereocenters. The largest absolute Gasteiger partial charge is 0.305 e. The van der Waals surface area contributed by atoms with Crippen molar-refractivity contribution in [3.8, 4) is 0 Å². The minimum absolute atomic E-state index is 0.514. The van der Waals surface area contributed by atoms with Gasteiger partial charge in [0.15, 0.2) is 0 Å². The van der Waals surface area contributed by atoms with Crippen molar-refractivity contribution in [1.82, 2.24) is 0 Å². The molecule has 0 amide bonds. The SMILES string of the molecule is CC/C(C)=N/N=C(\C)N=CN=NN.